The van der Waals surface area contributed by atoms with Gasteiger partial charge in [-0.15, -0.1) is 0 Å². The van der Waals surface area contributed by atoms with Crippen molar-refractivity contribution in [2.24, 2.45) is 0 Å². The second-order valence-electron chi connectivity index (χ2n) is 2.92. The lowest BCUT2D eigenvalue weighted by molar-refractivity contribution is -0.119. The van der Waals surface area contributed by atoms with Crippen molar-refractivity contribution in [2.75, 3.05) is 19.8 Å². The molecule has 0 aliphatic carbocycles. The zero-order chi connectivity index (χ0) is 7.68. The number of rotatable bonds is 3. The number of hydrogen-bond donors (Lipinski definition) is 1. The van der Waals surface area contributed by atoms with E-state index in [9.17, 15) is 4.79 Å². The minimum Gasteiger partial charge on any atom is -0.373 e. The number of hydrogen-bond acceptors (Lipinski definition) is 3. The van der Waals surface area contributed by atoms with E-state index in [0.29, 0.717) is 25.7 Å². The summed E-state index contributed by atoms with van der Waals surface area (Å²) in [5.74, 6) is 0.0896. The van der Waals surface area contributed by atoms with Gasteiger partial charge in [0, 0.05) is 6.54 Å². The van der Waals surface area contributed by atoms with Gasteiger partial charge in [0.25, 0.3) is 0 Å². The molecule has 2 aliphatic heterocycles. The van der Waals surface area contributed by atoms with E-state index in [0.717, 1.165) is 6.61 Å². The van der Waals surface area contributed by atoms with E-state index < -0.39 is 0 Å². The summed E-state index contributed by atoms with van der Waals surface area (Å²) < 4.78 is 10.4. The number of carbonyl (C=O) groups is 1. The molecule has 2 saturated heterocycles. The van der Waals surface area contributed by atoms with Crippen molar-refractivity contribution in [1.29, 1.82) is 0 Å². The van der Waals surface area contributed by atoms with Gasteiger partial charge in [0.05, 0.1) is 25.7 Å². The predicted molar refractivity (Wildman–Crippen MR) is 37.1 cm³/mol. The van der Waals surface area contributed by atoms with Crippen LogP contribution in [0.25, 0.3) is 0 Å². The summed E-state index contributed by atoms with van der Waals surface area (Å²) >= 11 is 0. The first-order chi connectivity index (χ1) is 5.34. The maximum atomic E-state index is 10.7. The highest BCUT2D eigenvalue weighted by molar-refractivity contribution is 5.78. The molecule has 0 bridgehead atoms. The molecule has 1 N–H and O–H groups in total. The minimum absolute atomic E-state index is 0.0756. The quantitative estimate of drug-likeness (QED) is 0.550. The van der Waals surface area contributed by atoms with Crippen LogP contribution in [-0.2, 0) is 14.3 Å². The molecule has 62 valence electrons. The first-order valence-corrected chi connectivity index (χ1v) is 3.84. The van der Waals surface area contributed by atoms with Gasteiger partial charge in [-0.3, -0.25) is 4.79 Å². The zero-order valence-electron chi connectivity index (χ0n) is 6.21. The average molecular weight is 157 g/mol. The largest absolute Gasteiger partial charge is 0.373 e. The van der Waals surface area contributed by atoms with Gasteiger partial charge in [0.1, 0.15) is 6.10 Å². The molecule has 0 aromatic rings. The van der Waals surface area contributed by atoms with Gasteiger partial charge >= 0.3 is 0 Å². The minimum atomic E-state index is 0.0756. The van der Waals surface area contributed by atoms with Crippen molar-refractivity contribution in [2.45, 2.75) is 18.6 Å². The Hall–Kier alpha value is -0.610. The molecule has 2 rings (SSSR count). The molecule has 1 amide bonds. The monoisotopic (exact) mass is 157 g/mol. The fourth-order valence-electron chi connectivity index (χ4n) is 1.10. The van der Waals surface area contributed by atoms with E-state index in [-0.39, 0.29) is 12.0 Å². The van der Waals surface area contributed by atoms with Crippen LogP contribution in [0.15, 0.2) is 0 Å². The van der Waals surface area contributed by atoms with Gasteiger partial charge in [-0.05, 0) is 0 Å². The van der Waals surface area contributed by atoms with Crippen LogP contribution in [0.4, 0.5) is 0 Å². The third-order valence-corrected chi connectivity index (χ3v) is 1.86. The molecule has 0 aromatic carbocycles. The Morgan fingerprint density at radius 3 is 3.09 bits per heavy atom. The molecular formula is C7H11NO3. The van der Waals surface area contributed by atoms with E-state index >= 15 is 0 Å². The SMILES string of the molecule is O=C1CC(OCC2CO2)CN1. The molecule has 2 atom stereocenters. The smallest absolute Gasteiger partial charge is 0.222 e. The van der Waals surface area contributed by atoms with Crippen LogP contribution in [0, 0.1) is 0 Å². The van der Waals surface area contributed by atoms with E-state index in [2.05, 4.69) is 5.32 Å². The maximum Gasteiger partial charge on any atom is 0.222 e. The Morgan fingerprint density at radius 2 is 2.55 bits per heavy atom. The van der Waals surface area contributed by atoms with Crippen molar-refractivity contribution < 1.29 is 14.3 Å². The molecule has 0 aromatic heterocycles. The van der Waals surface area contributed by atoms with Crippen LogP contribution < -0.4 is 5.32 Å². The van der Waals surface area contributed by atoms with Crippen molar-refractivity contribution in [3.05, 3.63) is 0 Å². The summed E-state index contributed by atoms with van der Waals surface area (Å²) in [5, 5.41) is 2.71. The molecule has 0 saturated carbocycles. The Morgan fingerprint density at radius 1 is 1.73 bits per heavy atom. The van der Waals surface area contributed by atoms with Crippen LogP contribution in [0.1, 0.15) is 6.42 Å². The maximum absolute atomic E-state index is 10.7. The second kappa shape index (κ2) is 2.79. The summed E-state index contributed by atoms with van der Waals surface area (Å²) in [4.78, 5) is 10.7. The number of amides is 1. The van der Waals surface area contributed by atoms with Gasteiger partial charge in [-0.1, -0.05) is 0 Å². The highest BCUT2D eigenvalue weighted by Crippen LogP contribution is 2.12. The summed E-state index contributed by atoms with van der Waals surface area (Å²) in [7, 11) is 0. The summed E-state index contributed by atoms with van der Waals surface area (Å²) in [6.45, 7) is 2.11. The highest BCUT2D eigenvalue weighted by Gasteiger charge is 2.27. The Kier molecular flexibility index (Phi) is 1.79. The van der Waals surface area contributed by atoms with E-state index in [1.807, 2.05) is 0 Å². The molecule has 11 heavy (non-hydrogen) atoms. The molecular weight excluding hydrogens is 146 g/mol. The van der Waals surface area contributed by atoms with Crippen molar-refractivity contribution >= 4 is 5.91 Å². The Bertz CT molecular complexity index is 167. The predicted octanol–water partition coefficient (Wildman–Crippen LogP) is -0.710. The molecule has 4 nitrogen and oxygen atoms in total. The van der Waals surface area contributed by atoms with Crippen molar-refractivity contribution in [3.8, 4) is 0 Å². The van der Waals surface area contributed by atoms with E-state index in [1.54, 1.807) is 0 Å². The summed E-state index contributed by atoms with van der Waals surface area (Å²) in [5.41, 5.74) is 0. The standard InChI is InChI=1S/C7H11NO3/c9-7-1-5(2-8-7)10-3-6-4-11-6/h5-6H,1-4H2,(H,8,9). The second-order valence-corrected chi connectivity index (χ2v) is 2.92. The lowest BCUT2D eigenvalue weighted by Crippen LogP contribution is -2.19. The molecule has 2 heterocycles. The van der Waals surface area contributed by atoms with Gasteiger partial charge in [0.15, 0.2) is 0 Å². The van der Waals surface area contributed by atoms with Crippen LogP contribution in [-0.4, -0.2) is 37.9 Å². The van der Waals surface area contributed by atoms with Gasteiger partial charge in [0.2, 0.25) is 5.91 Å². The first kappa shape index (κ1) is 7.06. The van der Waals surface area contributed by atoms with Crippen LogP contribution in [0.2, 0.25) is 0 Å². The van der Waals surface area contributed by atoms with E-state index in [4.69, 9.17) is 9.47 Å². The van der Waals surface area contributed by atoms with Crippen LogP contribution in [0.5, 0.6) is 0 Å². The fraction of sp³-hybridized carbons (Fsp3) is 0.857. The first-order valence-electron chi connectivity index (χ1n) is 3.84. The topological polar surface area (TPSA) is 50.9 Å². The normalized spacial score (nSPS) is 35.5. The summed E-state index contributed by atoms with van der Waals surface area (Å²) in [6, 6.07) is 0. The molecule has 4 heteroatoms. The lowest BCUT2D eigenvalue weighted by Gasteiger charge is -2.06. The third-order valence-electron chi connectivity index (χ3n) is 1.86. The van der Waals surface area contributed by atoms with Gasteiger partial charge in [-0.25, -0.2) is 0 Å². The molecule has 2 aliphatic rings. The summed E-state index contributed by atoms with van der Waals surface area (Å²) in [6.07, 6.45) is 0.879. The van der Waals surface area contributed by atoms with Crippen LogP contribution in [0.3, 0.4) is 0 Å². The Balaban J connectivity index is 1.65. The van der Waals surface area contributed by atoms with Crippen LogP contribution >= 0.6 is 0 Å². The van der Waals surface area contributed by atoms with Crippen molar-refractivity contribution in [1.82, 2.24) is 5.32 Å². The average Bonchev–Trinajstić information content (AvgIpc) is 2.72. The number of ether oxygens (including phenoxy) is 2. The fourth-order valence-corrected chi connectivity index (χ4v) is 1.10. The molecule has 0 radical (unpaired) electrons. The lowest BCUT2D eigenvalue weighted by atomic mass is 10.3. The Labute approximate surface area is 64.9 Å². The highest BCUT2D eigenvalue weighted by atomic mass is 16.6. The number of epoxide rings is 1. The van der Waals surface area contributed by atoms with Gasteiger partial charge < -0.3 is 14.8 Å². The van der Waals surface area contributed by atoms with Crippen molar-refractivity contribution in [3.63, 3.8) is 0 Å². The van der Waals surface area contributed by atoms with Gasteiger partial charge in [-0.2, -0.15) is 0 Å². The molecule has 2 unspecified atom stereocenters. The third kappa shape index (κ3) is 1.91. The molecule has 0 spiro atoms. The zero-order valence-corrected chi connectivity index (χ0v) is 6.21. The van der Waals surface area contributed by atoms with E-state index in [1.165, 1.54) is 0 Å². The number of nitrogens with one attached hydrogen (secondary N) is 1. The number of carbonyl (C=O) groups excluding carboxylic acids is 1. The molecule has 2 fully saturated rings.